The average molecular weight is 325 g/mol. The number of carbonyl (C=O) groups is 1. The molecule has 6 heteroatoms. The molecular formula is C16H23NO4S. The van der Waals surface area contributed by atoms with E-state index in [4.69, 9.17) is 4.74 Å². The van der Waals surface area contributed by atoms with Crippen LogP contribution in [0.1, 0.15) is 38.7 Å². The molecule has 0 spiro atoms. The van der Waals surface area contributed by atoms with E-state index in [1.165, 1.54) is 11.2 Å². The van der Waals surface area contributed by atoms with Gasteiger partial charge in [0.05, 0.1) is 24.2 Å². The van der Waals surface area contributed by atoms with E-state index in [1.54, 1.807) is 12.1 Å². The monoisotopic (exact) mass is 325 g/mol. The Morgan fingerprint density at radius 1 is 1.32 bits per heavy atom. The van der Waals surface area contributed by atoms with Gasteiger partial charge >= 0.3 is 0 Å². The molecule has 5 nitrogen and oxygen atoms in total. The lowest BCUT2D eigenvalue weighted by Gasteiger charge is -2.34. The first kappa shape index (κ1) is 17.1. The molecule has 0 radical (unpaired) electrons. The zero-order valence-electron chi connectivity index (χ0n) is 13.3. The lowest BCUT2D eigenvalue weighted by Crippen LogP contribution is -2.49. The second-order valence-corrected chi connectivity index (χ2v) is 7.86. The Balaban J connectivity index is 2.28. The number of benzene rings is 1. The van der Waals surface area contributed by atoms with Crippen molar-refractivity contribution in [3.8, 4) is 0 Å². The summed E-state index contributed by atoms with van der Waals surface area (Å²) in [4.78, 5) is 11.6. The van der Waals surface area contributed by atoms with Gasteiger partial charge in [-0.15, -0.1) is 0 Å². The Labute approximate surface area is 132 Å². The van der Waals surface area contributed by atoms with Crippen molar-refractivity contribution in [1.29, 1.82) is 0 Å². The summed E-state index contributed by atoms with van der Waals surface area (Å²) in [5.41, 5.74) is 1.10. The zero-order chi connectivity index (χ0) is 16.3. The second kappa shape index (κ2) is 6.89. The van der Waals surface area contributed by atoms with Gasteiger partial charge in [-0.05, 0) is 30.5 Å². The molecule has 0 amide bonds. The van der Waals surface area contributed by atoms with Gasteiger partial charge in [-0.1, -0.05) is 26.0 Å². The van der Waals surface area contributed by atoms with E-state index in [0.29, 0.717) is 12.5 Å². The third-order valence-electron chi connectivity index (χ3n) is 3.85. The SMILES string of the molecule is CC(=O)C[C@@H]1COCCN1S(=O)(=O)c1ccc(C(C)C)cc1. The summed E-state index contributed by atoms with van der Waals surface area (Å²) in [5.74, 6) is 0.316. The number of hydrogen-bond donors (Lipinski definition) is 0. The quantitative estimate of drug-likeness (QED) is 0.832. The van der Waals surface area contributed by atoms with Gasteiger partial charge in [0.2, 0.25) is 10.0 Å². The summed E-state index contributed by atoms with van der Waals surface area (Å²) in [6.45, 7) is 6.51. The van der Waals surface area contributed by atoms with Gasteiger partial charge in [0, 0.05) is 13.0 Å². The van der Waals surface area contributed by atoms with Gasteiger partial charge in [0.15, 0.2) is 0 Å². The highest BCUT2D eigenvalue weighted by molar-refractivity contribution is 7.89. The predicted octanol–water partition coefficient (Wildman–Crippen LogP) is 2.18. The Kier molecular flexibility index (Phi) is 5.36. The molecule has 1 heterocycles. The maximum atomic E-state index is 12.8. The minimum absolute atomic E-state index is 0.0362. The van der Waals surface area contributed by atoms with E-state index in [2.05, 4.69) is 13.8 Å². The van der Waals surface area contributed by atoms with Gasteiger partial charge in [-0.3, -0.25) is 4.79 Å². The Morgan fingerprint density at radius 3 is 2.50 bits per heavy atom. The largest absolute Gasteiger partial charge is 0.378 e. The highest BCUT2D eigenvalue weighted by atomic mass is 32.2. The molecule has 1 aromatic rings. The lowest BCUT2D eigenvalue weighted by molar-refractivity contribution is -0.118. The zero-order valence-corrected chi connectivity index (χ0v) is 14.1. The summed E-state index contributed by atoms with van der Waals surface area (Å²) in [6, 6.07) is 6.56. The summed E-state index contributed by atoms with van der Waals surface area (Å²) in [5, 5.41) is 0. The van der Waals surface area contributed by atoms with Gasteiger partial charge < -0.3 is 4.74 Å². The number of hydrogen-bond acceptors (Lipinski definition) is 4. The van der Waals surface area contributed by atoms with E-state index in [1.807, 2.05) is 12.1 Å². The number of nitrogens with zero attached hydrogens (tertiary/aromatic N) is 1. The lowest BCUT2D eigenvalue weighted by atomic mass is 10.0. The first-order valence-electron chi connectivity index (χ1n) is 7.51. The fourth-order valence-electron chi connectivity index (χ4n) is 2.61. The third kappa shape index (κ3) is 3.74. The molecule has 1 fully saturated rings. The summed E-state index contributed by atoms with van der Waals surface area (Å²) in [7, 11) is -3.60. The Bertz CT molecular complexity index is 622. The minimum Gasteiger partial charge on any atom is -0.378 e. The number of carbonyl (C=O) groups excluding carboxylic acids is 1. The standard InChI is InChI=1S/C16H23NO4S/c1-12(2)14-4-6-16(7-5-14)22(19,20)17-8-9-21-11-15(17)10-13(3)18/h4-7,12,15H,8-11H2,1-3H3/t15-/m1/s1. The van der Waals surface area contributed by atoms with Crippen LogP contribution in [0.15, 0.2) is 29.2 Å². The van der Waals surface area contributed by atoms with Gasteiger partial charge in [0.25, 0.3) is 0 Å². The summed E-state index contributed by atoms with van der Waals surface area (Å²) >= 11 is 0. The van der Waals surface area contributed by atoms with E-state index in [0.717, 1.165) is 5.56 Å². The fourth-order valence-corrected chi connectivity index (χ4v) is 4.20. The fraction of sp³-hybridized carbons (Fsp3) is 0.562. The number of morpholine rings is 1. The van der Waals surface area contributed by atoms with Crippen molar-refractivity contribution in [2.45, 2.75) is 44.0 Å². The molecule has 1 saturated heterocycles. The Hall–Kier alpha value is -1.24. The number of sulfonamides is 1. The molecule has 1 atom stereocenters. The van der Waals surface area contributed by atoms with Crippen LogP contribution in [0.2, 0.25) is 0 Å². The Morgan fingerprint density at radius 2 is 1.95 bits per heavy atom. The topological polar surface area (TPSA) is 63.7 Å². The average Bonchev–Trinajstić information content (AvgIpc) is 2.47. The molecule has 0 bridgehead atoms. The van der Waals surface area contributed by atoms with Gasteiger partial charge in [-0.2, -0.15) is 4.31 Å². The van der Waals surface area contributed by atoms with Crippen molar-refractivity contribution < 1.29 is 17.9 Å². The van der Waals surface area contributed by atoms with Crippen LogP contribution >= 0.6 is 0 Å². The highest BCUT2D eigenvalue weighted by Gasteiger charge is 2.34. The predicted molar refractivity (Wildman–Crippen MR) is 84.3 cm³/mol. The van der Waals surface area contributed by atoms with Crippen LogP contribution in [0.3, 0.4) is 0 Å². The smallest absolute Gasteiger partial charge is 0.243 e. The van der Waals surface area contributed by atoms with Crippen molar-refractivity contribution in [2.24, 2.45) is 0 Å². The van der Waals surface area contributed by atoms with E-state index in [-0.39, 0.29) is 30.3 Å². The second-order valence-electron chi connectivity index (χ2n) is 5.97. The molecule has 0 saturated carbocycles. The third-order valence-corrected chi connectivity index (χ3v) is 5.82. The maximum Gasteiger partial charge on any atom is 0.243 e. The van der Waals surface area contributed by atoms with Gasteiger partial charge in [0.1, 0.15) is 5.78 Å². The molecule has 1 aromatic carbocycles. The van der Waals surface area contributed by atoms with Gasteiger partial charge in [-0.25, -0.2) is 8.42 Å². The van der Waals surface area contributed by atoms with E-state index >= 15 is 0 Å². The first-order chi connectivity index (χ1) is 10.3. The molecule has 0 N–H and O–H groups in total. The molecule has 0 unspecified atom stereocenters. The van der Waals surface area contributed by atoms with Crippen LogP contribution < -0.4 is 0 Å². The molecule has 0 aromatic heterocycles. The number of rotatable bonds is 5. The molecule has 0 aliphatic carbocycles. The summed E-state index contributed by atoms with van der Waals surface area (Å²) in [6.07, 6.45) is 0.184. The molecule has 2 rings (SSSR count). The summed E-state index contributed by atoms with van der Waals surface area (Å²) < 4.78 is 32.4. The molecule has 1 aliphatic heterocycles. The number of ketones is 1. The first-order valence-corrected chi connectivity index (χ1v) is 8.95. The van der Waals surface area contributed by atoms with Crippen molar-refractivity contribution in [3.05, 3.63) is 29.8 Å². The van der Waals surface area contributed by atoms with Crippen LogP contribution in [-0.4, -0.2) is 44.3 Å². The van der Waals surface area contributed by atoms with Crippen LogP contribution in [0.25, 0.3) is 0 Å². The van der Waals surface area contributed by atoms with Crippen LogP contribution in [0.4, 0.5) is 0 Å². The van der Waals surface area contributed by atoms with E-state index < -0.39 is 16.1 Å². The molecule has 22 heavy (non-hydrogen) atoms. The van der Waals surface area contributed by atoms with Crippen molar-refractivity contribution in [1.82, 2.24) is 4.31 Å². The number of Topliss-reactive ketones (excluding diaryl/α,β-unsaturated/α-hetero) is 1. The van der Waals surface area contributed by atoms with E-state index in [9.17, 15) is 13.2 Å². The molecule has 122 valence electrons. The van der Waals surface area contributed by atoms with Crippen molar-refractivity contribution in [2.75, 3.05) is 19.8 Å². The molecular weight excluding hydrogens is 302 g/mol. The van der Waals surface area contributed by atoms with Crippen LogP contribution in [0.5, 0.6) is 0 Å². The van der Waals surface area contributed by atoms with Crippen LogP contribution in [0, 0.1) is 0 Å². The highest BCUT2D eigenvalue weighted by Crippen LogP contribution is 2.24. The molecule has 1 aliphatic rings. The normalized spacial score (nSPS) is 20.3. The van der Waals surface area contributed by atoms with Crippen molar-refractivity contribution >= 4 is 15.8 Å². The minimum atomic E-state index is -3.60. The van der Waals surface area contributed by atoms with Crippen LogP contribution in [-0.2, 0) is 19.6 Å². The number of ether oxygens (including phenoxy) is 1. The van der Waals surface area contributed by atoms with Crippen molar-refractivity contribution in [3.63, 3.8) is 0 Å². The maximum absolute atomic E-state index is 12.8.